The van der Waals surface area contributed by atoms with E-state index in [1.54, 1.807) is 44.6 Å². The maximum absolute atomic E-state index is 13.8. The average Bonchev–Trinajstić information content (AvgIpc) is 2.84. The second-order valence-corrected chi connectivity index (χ2v) is 7.12. The van der Waals surface area contributed by atoms with Crippen molar-refractivity contribution in [1.82, 2.24) is 9.88 Å². The summed E-state index contributed by atoms with van der Waals surface area (Å²) in [5.41, 5.74) is -0.727. The zero-order valence-electron chi connectivity index (χ0n) is 19.1. The zero-order valence-corrected chi connectivity index (χ0v) is 19.1. The number of ether oxygens (including phenoxy) is 2. The molecule has 8 nitrogen and oxygen atoms in total. The molecule has 0 aliphatic carbocycles. The summed E-state index contributed by atoms with van der Waals surface area (Å²) in [6.07, 6.45) is 1.92. The normalized spacial score (nSPS) is 10.1. The molecule has 0 saturated carbocycles. The molecule has 0 aliphatic heterocycles. The van der Waals surface area contributed by atoms with Crippen molar-refractivity contribution in [2.45, 2.75) is 19.7 Å². The molecule has 35 heavy (non-hydrogen) atoms. The first-order valence-corrected chi connectivity index (χ1v) is 10.3. The Kier molecular flexibility index (Phi) is 10.4. The summed E-state index contributed by atoms with van der Waals surface area (Å²) in [6, 6.07) is 11.7. The van der Waals surface area contributed by atoms with Crippen LogP contribution in [0.15, 0.2) is 59.5 Å². The highest BCUT2D eigenvalue weighted by Gasteiger charge is 2.21. The monoisotopic (exact) mass is 486 g/mol. The lowest BCUT2D eigenvalue weighted by molar-refractivity contribution is -0.108. The lowest BCUT2D eigenvalue weighted by atomic mass is 10.1. The van der Waals surface area contributed by atoms with Crippen molar-refractivity contribution in [2.75, 3.05) is 14.2 Å². The maximum atomic E-state index is 13.8. The van der Waals surface area contributed by atoms with Crippen molar-refractivity contribution in [1.29, 1.82) is 0 Å². The molecule has 0 atom stereocenters. The molecule has 1 amide bonds. The molecule has 184 valence electrons. The molecule has 0 aliphatic rings. The van der Waals surface area contributed by atoms with Gasteiger partial charge in [0.2, 0.25) is 5.43 Å². The smallest absolute Gasteiger partial charge is 0.257 e. The fourth-order valence-electron chi connectivity index (χ4n) is 2.97. The SMILES string of the molecule is COC.O=CCn1cc(C(=O)NCc2ccc(F)cc2F)c(=O)c(OCc2ccccc2)c1C=O. The van der Waals surface area contributed by atoms with Gasteiger partial charge in [-0.25, -0.2) is 8.78 Å². The summed E-state index contributed by atoms with van der Waals surface area (Å²) in [7, 11) is 3.25. The van der Waals surface area contributed by atoms with E-state index in [1.165, 1.54) is 6.07 Å². The third-order valence-corrected chi connectivity index (χ3v) is 4.59. The van der Waals surface area contributed by atoms with Crippen molar-refractivity contribution in [2.24, 2.45) is 0 Å². The highest BCUT2D eigenvalue weighted by Crippen LogP contribution is 2.16. The number of amides is 1. The second-order valence-electron chi connectivity index (χ2n) is 7.12. The number of halogens is 2. The van der Waals surface area contributed by atoms with Crippen LogP contribution in [0, 0.1) is 11.6 Å². The van der Waals surface area contributed by atoms with Crippen LogP contribution < -0.4 is 15.5 Å². The lowest BCUT2D eigenvalue weighted by Crippen LogP contribution is -2.31. The number of carbonyl (C=O) groups is 3. The molecule has 0 saturated heterocycles. The van der Waals surface area contributed by atoms with Gasteiger partial charge in [-0.05, 0) is 11.6 Å². The van der Waals surface area contributed by atoms with E-state index in [-0.39, 0.29) is 36.7 Å². The molecule has 1 heterocycles. The van der Waals surface area contributed by atoms with Gasteiger partial charge in [-0.1, -0.05) is 36.4 Å². The second kappa shape index (κ2) is 13.5. The predicted molar refractivity (Wildman–Crippen MR) is 123 cm³/mol. The Bertz CT molecular complexity index is 1230. The number of carbonyl (C=O) groups excluding carboxylic acids is 3. The Hall–Kier alpha value is -4.18. The largest absolute Gasteiger partial charge is 0.483 e. The van der Waals surface area contributed by atoms with Gasteiger partial charge in [-0.3, -0.25) is 14.4 Å². The van der Waals surface area contributed by atoms with E-state index in [1.807, 2.05) is 0 Å². The maximum Gasteiger partial charge on any atom is 0.257 e. The molecular formula is C25H24F2N2O6. The van der Waals surface area contributed by atoms with Gasteiger partial charge in [0.1, 0.15) is 35.8 Å². The molecule has 0 unspecified atom stereocenters. The number of hydrogen-bond acceptors (Lipinski definition) is 6. The number of pyridine rings is 1. The average molecular weight is 486 g/mol. The molecule has 10 heteroatoms. The number of methoxy groups -OCH3 is 1. The lowest BCUT2D eigenvalue weighted by Gasteiger charge is -2.15. The molecule has 1 N–H and O–H groups in total. The van der Waals surface area contributed by atoms with Crippen molar-refractivity contribution in [3.05, 3.63) is 99.0 Å². The molecule has 0 fully saturated rings. The Morgan fingerprint density at radius 3 is 2.37 bits per heavy atom. The highest BCUT2D eigenvalue weighted by molar-refractivity contribution is 5.95. The fraction of sp³-hybridized carbons (Fsp3) is 0.200. The van der Waals surface area contributed by atoms with Gasteiger partial charge >= 0.3 is 0 Å². The van der Waals surface area contributed by atoms with Gasteiger partial charge in [0.25, 0.3) is 5.91 Å². The van der Waals surface area contributed by atoms with Crippen molar-refractivity contribution in [3.63, 3.8) is 0 Å². The number of rotatable bonds is 9. The molecule has 2 aromatic carbocycles. The van der Waals surface area contributed by atoms with E-state index < -0.39 is 28.5 Å². The summed E-state index contributed by atoms with van der Waals surface area (Å²) in [4.78, 5) is 48.2. The van der Waals surface area contributed by atoms with Crippen LogP contribution in [0.5, 0.6) is 5.75 Å². The first-order chi connectivity index (χ1) is 16.9. The molecule has 1 aromatic heterocycles. The van der Waals surface area contributed by atoms with Crippen LogP contribution in [-0.4, -0.2) is 37.3 Å². The topological polar surface area (TPSA) is 104 Å². The quantitative estimate of drug-likeness (QED) is 0.467. The minimum absolute atomic E-state index is 0.0121. The molecule has 3 aromatic rings. The highest BCUT2D eigenvalue weighted by atomic mass is 19.1. The van der Waals surface area contributed by atoms with Crippen LogP contribution in [-0.2, 0) is 29.2 Å². The molecular weight excluding hydrogens is 462 g/mol. The van der Waals surface area contributed by atoms with Gasteiger partial charge in [-0.2, -0.15) is 0 Å². The van der Waals surface area contributed by atoms with E-state index in [0.717, 1.165) is 16.8 Å². The van der Waals surface area contributed by atoms with Crippen LogP contribution in [0.2, 0.25) is 0 Å². The van der Waals surface area contributed by atoms with E-state index in [0.29, 0.717) is 24.2 Å². The Balaban J connectivity index is 0.00000137. The third kappa shape index (κ3) is 7.41. The summed E-state index contributed by atoms with van der Waals surface area (Å²) >= 11 is 0. The third-order valence-electron chi connectivity index (χ3n) is 4.59. The first kappa shape index (κ1) is 27.1. The minimum atomic E-state index is -0.875. The Morgan fingerprint density at radius 1 is 1.09 bits per heavy atom. The van der Waals surface area contributed by atoms with Gasteiger partial charge in [-0.15, -0.1) is 0 Å². The fourth-order valence-corrected chi connectivity index (χ4v) is 2.97. The van der Waals surface area contributed by atoms with Gasteiger partial charge in [0, 0.05) is 38.6 Å². The van der Waals surface area contributed by atoms with Crippen LogP contribution in [0.3, 0.4) is 0 Å². The Labute approximate surface area is 200 Å². The van der Waals surface area contributed by atoms with Crippen molar-refractivity contribution >= 4 is 18.5 Å². The number of benzene rings is 2. The first-order valence-electron chi connectivity index (χ1n) is 10.3. The number of nitrogens with one attached hydrogen (secondary N) is 1. The van der Waals surface area contributed by atoms with E-state index in [2.05, 4.69) is 10.1 Å². The minimum Gasteiger partial charge on any atom is -0.483 e. The van der Waals surface area contributed by atoms with Gasteiger partial charge < -0.3 is 24.2 Å². The van der Waals surface area contributed by atoms with E-state index in [9.17, 15) is 28.0 Å². The van der Waals surface area contributed by atoms with Crippen LogP contribution in [0.4, 0.5) is 8.78 Å². The van der Waals surface area contributed by atoms with Crippen LogP contribution >= 0.6 is 0 Å². The Morgan fingerprint density at radius 2 is 1.77 bits per heavy atom. The molecule has 3 rings (SSSR count). The zero-order chi connectivity index (χ0) is 25.8. The molecule has 0 bridgehead atoms. The van der Waals surface area contributed by atoms with Crippen molar-refractivity contribution < 1.29 is 32.6 Å². The standard InChI is InChI=1S/C23H18F2N2O5.C2H6O/c24-17-7-6-16(19(25)10-17)11-26-23(31)18-12-27(8-9-28)20(13-29)22(21(18)30)32-14-15-4-2-1-3-5-15;1-3-2/h1-7,9-10,12-13H,8,11,14H2,(H,26,31);1-2H3. The van der Waals surface area contributed by atoms with Gasteiger partial charge in [0.05, 0.1) is 6.54 Å². The number of nitrogens with zero attached hydrogens (tertiary/aromatic N) is 1. The summed E-state index contributed by atoms with van der Waals surface area (Å²) in [5.74, 6) is -2.88. The van der Waals surface area contributed by atoms with E-state index in [4.69, 9.17) is 4.74 Å². The summed E-state index contributed by atoms with van der Waals surface area (Å²) in [6.45, 7) is -0.666. The molecule has 0 radical (unpaired) electrons. The number of aldehydes is 2. The van der Waals surface area contributed by atoms with Crippen LogP contribution in [0.1, 0.15) is 32.0 Å². The summed E-state index contributed by atoms with van der Waals surface area (Å²) in [5, 5.41) is 2.38. The molecule has 0 spiro atoms. The van der Waals surface area contributed by atoms with Gasteiger partial charge in [0.15, 0.2) is 12.0 Å². The number of aromatic nitrogens is 1. The van der Waals surface area contributed by atoms with E-state index >= 15 is 0 Å². The van der Waals surface area contributed by atoms with Crippen molar-refractivity contribution in [3.8, 4) is 5.75 Å². The van der Waals surface area contributed by atoms with Crippen LogP contribution in [0.25, 0.3) is 0 Å². The number of hydrogen-bond donors (Lipinski definition) is 1. The summed E-state index contributed by atoms with van der Waals surface area (Å²) < 4.78 is 37.8. The predicted octanol–water partition coefficient (Wildman–Crippen LogP) is 2.91.